The minimum absolute atomic E-state index is 0.180. The Hall–Kier alpha value is -0.680. The first kappa shape index (κ1) is 15.2. The molecule has 3 aliphatic rings. The van der Waals surface area contributed by atoms with Crippen LogP contribution in [0.4, 0.5) is 0 Å². The van der Waals surface area contributed by atoms with Crippen molar-refractivity contribution < 1.29 is 28.8 Å². The summed E-state index contributed by atoms with van der Waals surface area (Å²) in [6.45, 7) is 7.28. The van der Waals surface area contributed by atoms with Gasteiger partial charge in [-0.3, -0.25) is 0 Å². The Morgan fingerprint density at radius 1 is 1.00 bits per heavy atom. The average Bonchev–Trinajstić information content (AvgIpc) is 2.82. The highest BCUT2D eigenvalue weighted by Gasteiger charge is 2.61. The Morgan fingerprint density at radius 3 is 2.24 bits per heavy atom. The Morgan fingerprint density at radius 2 is 1.57 bits per heavy atom. The highest BCUT2D eigenvalue weighted by atomic mass is 16.9. The monoisotopic (exact) mass is 298 g/mol. The van der Waals surface area contributed by atoms with Crippen molar-refractivity contribution in [2.75, 3.05) is 0 Å². The molecule has 3 heterocycles. The second kappa shape index (κ2) is 4.92. The van der Waals surface area contributed by atoms with Crippen molar-refractivity contribution in [3.8, 4) is 12.3 Å². The molecule has 0 spiro atoms. The van der Waals surface area contributed by atoms with Crippen LogP contribution in [-0.4, -0.2) is 53.5 Å². The Labute approximate surface area is 124 Å². The molecule has 3 aliphatic heterocycles. The van der Waals surface area contributed by atoms with Gasteiger partial charge in [-0.1, -0.05) is 0 Å². The lowest BCUT2D eigenvalue weighted by Gasteiger charge is -2.38. The lowest BCUT2D eigenvalue weighted by molar-refractivity contribution is -0.252. The van der Waals surface area contributed by atoms with E-state index >= 15 is 0 Å². The van der Waals surface area contributed by atoms with Crippen LogP contribution >= 0.6 is 0 Å². The number of aliphatic hydroxyl groups excluding tert-OH is 1. The Balaban J connectivity index is 1.87. The fourth-order valence-electron chi connectivity index (χ4n) is 3.19. The lowest BCUT2D eigenvalue weighted by Crippen LogP contribution is -2.58. The van der Waals surface area contributed by atoms with Crippen molar-refractivity contribution in [3.05, 3.63) is 0 Å². The highest BCUT2D eigenvalue weighted by molar-refractivity contribution is 5.03. The van der Waals surface area contributed by atoms with Crippen molar-refractivity contribution in [1.82, 2.24) is 0 Å². The highest BCUT2D eigenvalue weighted by Crippen LogP contribution is 2.44. The van der Waals surface area contributed by atoms with Crippen molar-refractivity contribution in [1.29, 1.82) is 0 Å². The van der Waals surface area contributed by atoms with Crippen molar-refractivity contribution >= 4 is 0 Å². The summed E-state index contributed by atoms with van der Waals surface area (Å²) in [5.74, 6) is 0.915. The molecule has 0 aromatic carbocycles. The molecule has 3 fully saturated rings. The van der Waals surface area contributed by atoms with Gasteiger partial charge in [-0.2, -0.15) is 0 Å². The van der Waals surface area contributed by atoms with Crippen LogP contribution in [0.3, 0.4) is 0 Å². The van der Waals surface area contributed by atoms with Crippen LogP contribution in [0.1, 0.15) is 34.1 Å². The molecule has 1 N–H and O–H groups in total. The summed E-state index contributed by atoms with van der Waals surface area (Å²) in [6, 6.07) is 0. The summed E-state index contributed by atoms with van der Waals surface area (Å²) in [5, 5.41) is 10.2. The summed E-state index contributed by atoms with van der Waals surface area (Å²) >= 11 is 0. The molecule has 6 nitrogen and oxygen atoms in total. The van der Waals surface area contributed by atoms with Gasteiger partial charge >= 0.3 is 0 Å². The predicted molar refractivity (Wildman–Crippen MR) is 72.0 cm³/mol. The van der Waals surface area contributed by atoms with Gasteiger partial charge in [0.15, 0.2) is 17.9 Å². The maximum Gasteiger partial charge on any atom is 0.190 e. The van der Waals surface area contributed by atoms with Crippen molar-refractivity contribution in [3.63, 3.8) is 0 Å². The second-order valence-electron chi connectivity index (χ2n) is 6.61. The third kappa shape index (κ3) is 2.70. The maximum absolute atomic E-state index is 10.2. The Kier molecular flexibility index (Phi) is 3.56. The summed E-state index contributed by atoms with van der Waals surface area (Å²) in [6.07, 6.45) is 2.22. The van der Waals surface area contributed by atoms with E-state index in [4.69, 9.17) is 30.1 Å². The number of fused-ring (bicyclic) bond motifs is 3. The number of hydrogen-bond donors (Lipinski definition) is 1. The molecule has 0 unspecified atom stereocenters. The topological polar surface area (TPSA) is 66.4 Å². The van der Waals surface area contributed by atoms with Gasteiger partial charge in [-0.25, -0.2) is 0 Å². The fourth-order valence-corrected chi connectivity index (χ4v) is 3.19. The summed E-state index contributed by atoms with van der Waals surface area (Å²) in [7, 11) is 0. The van der Waals surface area contributed by atoms with Gasteiger partial charge in [0.1, 0.15) is 24.4 Å². The Bertz CT molecular complexity index is 454. The van der Waals surface area contributed by atoms with E-state index in [1.165, 1.54) is 0 Å². The first-order valence-electron chi connectivity index (χ1n) is 7.21. The molecule has 0 amide bonds. The standard InChI is InChI=1S/C15H22O6/c1-6-7-8(16)9-10-11(19-14(2,3)18-10)12-13(17-9)21-15(4,5)20-12/h1,8-13,16H,7H2,2-5H3/t8-,9-,10+,11+,12-,13-/m1/s1. The first-order chi connectivity index (χ1) is 9.72. The van der Waals surface area contributed by atoms with Crippen molar-refractivity contribution in [2.45, 2.75) is 82.5 Å². The smallest absolute Gasteiger partial charge is 0.190 e. The number of terminal acetylenes is 1. The fraction of sp³-hybridized carbons (Fsp3) is 0.867. The predicted octanol–water partition coefficient (Wildman–Crippen LogP) is 0.767. The summed E-state index contributed by atoms with van der Waals surface area (Å²) < 4.78 is 29.3. The van der Waals surface area contributed by atoms with Crippen LogP contribution < -0.4 is 0 Å². The first-order valence-corrected chi connectivity index (χ1v) is 7.21. The van der Waals surface area contributed by atoms with Gasteiger partial charge in [-0.15, -0.1) is 12.3 Å². The minimum Gasteiger partial charge on any atom is -0.389 e. The van der Waals surface area contributed by atoms with E-state index in [0.29, 0.717) is 0 Å². The third-order valence-electron chi connectivity index (χ3n) is 3.90. The van der Waals surface area contributed by atoms with E-state index in [1.807, 2.05) is 27.7 Å². The quantitative estimate of drug-likeness (QED) is 0.760. The lowest BCUT2D eigenvalue weighted by atomic mass is 9.94. The van der Waals surface area contributed by atoms with Crippen LogP contribution in [0.5, 0.6) is 0 Å². The largest absolute Gasteiger partial charge is 0.389 e. The maximum atomic E-state index is 10.2. The molecule has 3 rings (SSSR count). The average molecular weight is 298 g/mol. The number of rotatable bonds is 2. The summed E-state index contributed by atoms with van der Waals surface area (Å²) in [5.41, 5.74) is 0. The molecule has 0 aromatic heterocycles. The molecule has 0 radical (unpaired) electrons. The van der Waals surface area contributed by atoms with Crippen LogP contribution in [0.2, 0.25) is 0 Å². The molecular formula is C15H22O6. The van der Waals surface area contributed by atoms with E-state index < -0.39 is 36.2 Å². The van der Waals surface area contributed by atoms with E-state index in [-0.39, 0.29) is 18.6 Å². The van der Waals surface area contributed by atoms with E-state index in [1.54, 1.807) is 0 Å². The molecule has 21 heavy (non-hydrogen) atoms. The zero-order chi connectivity index (χ0) is 15.4. The normalized spacial score (nSPS) is 44.7. The number of aliphatic hydroxyl groups is 1. The van der Waals surface area contributed by atoms with Gasteiger partial charge < -0.3 is 28.8 Å². The van der Waals surface area contributed by atoms with Crippen LogP contribution in [-0.2, 0) is 23.7 Å². The van der Waals surface area contributed by atoms with Gasteiger partial charge in [0, 0.05) is 6.42 Å². The minimum atomic E-state index is -0.840. The number of ether oxygens (including phenoxy) is 5. The van der Waals surface area contributed by atoms with Crippen LogP contribution in [0.15, 0.2) is 0 Å². The third-order valence-corrected chi connectivity index (χ3v) is 3.90. The molecule has 0 aliphatic carbocycles. The van der Waals surface area contributed by atoms with E-state index in [2.05, 4.69) is 5.92 Å². The molecule has 6 heteroatoms. The zero-order valence-corrected chi connectivity index (χ0v) is 12.7. The van der Waals surface area contributed by atoms with Crippen LogP contribution in [0.25, 0.3) is 0 Å². The van der Waals surface area contributed by atoms with Gasteiger partial charge in [0.05, 0.1) is 6.10 Å². The van der Waals surface area contributed by atoms with Gasteiger partial charge in [0.2, 0.25) is 0 Å². The molecule has 0 bridgehead atoms. The molecule has 3 saturated heterocycles. The second-order valence-corrected chi connectivity index (χ2v) is 6.61. The molecular weight excluding hydrogens is 276 g/mol. The number of hydrogen-bond acceptors (Lipinski definition) is 6. The SMILES string of the molecule is C#CC[C@@H](O)[C@H]1O[C@@H]2OC(C)(C)O[C@@H]2[C@H]2OC(C)(C)O[C@H]21. The van der Waals surface area contributed by atoms with Crippen LogP contribution in [0, 0.1) is 12.3 Å². The van der Waals surface area contributed by atoms with Gasteiger partial charge in [0.25, 0.3) is 0 Å². The molecule has 0 aromatic rings. The molecule has 0 saturated carbocycles. The molecule has 6 atom stereocenters. The summed E-state index contributed by atoms with van der Waals surface area (Å²) in [4.78, 5) is 0. The zero-order valence-electron chi connectivity index (χ0n) is 12.7. The molecule has 118 valence electrons. The van der Waals surface area contributed by atoms with E-state index in [0.717, 1.165) is 0 Å². The van der Waals surface area contributed by atoms with Crippen molar-refractivity contribution in [2.24, 2.45) is 0 Å². The van der Waals surface area contributed by atoms with Gasteiger partial charge in [-0.05, 0) is 27.7 Å². The van der Waals surface area contributed by atoms with E-state index in [9.17, 15) is 5.11 Å².